The van der Waals surface area contributed by atoms with Gasteiger partial charge in [-0.15, -0.1) is 0 Å². The maximum Gasteiger partial charge on any atom is 0.306 e. The highest BCUT2D eigenvalue weighted by molar-refractivity contribution is 5.70. The van der Waals surface area contributed by atoms with E-state index in [1.165, 1.54) is 70.6 Å². The Morgan fingerprint density at radius 3 is 1.04 bits per heavy atom. The second kappa shape index (κ2) is 60.8. The molecule has 0 aliphatic rings. The number of carbonyl (C=O) groups is 2. The Morgan fingerprint density at radius 1 is 0.319 bits per heavy atom. The Bertz CT molecular complexity index is 1590. The van der Waals surface area contributed by atoms with Crippen LogP contribution in [0.15, 0.2) is 158 Å². The highest BCUT2D eigenvalue weighted by atomic mass is 16.6. The van der Waals surface area contributed by atoms with Gasteiger partial charge in [-0.1, -0.05) is 237 Å². The quantitative estimate of drug-likeness (QED) is 0.0345. The summed E-state index contributed by atoms with van der Waals surface area (Å²) in [5, 5.41) is 0. The lowest BCUT2D eigenvalue weighted by molar-refractivity contribution is -0.162. The van der Waals surface area contributed by atoms with Crippen LogP contribution in [0.3, 0.4) is 0 Å². The average Bonchev–Trinajstić information content (AvgIpc) is 3.38. The fourth-order valence-electron chi connectivity index (χ4n) is 7.30. The molecule has 0 saturated heterocycles. The zero-order valence-electron chi connectivity index (χ0n) is 46.4. The van der Waals surface area contributed by atoms with E-state index < -0.39 is 6.10 Å². The van der Waals surface area contributed by atoms with Crippen molar-refractivity contribution in [3.8, 4) is 0 Å². The van der Waals surface area contributed by atoms with Gasteiger partial charge in [0.25, 0.3) is 0 Å². The van der Waals surface area contributed by atoms with Crippen molar-refractivity contribution < 1.29 is 23.8 Å². The Kier molecular flexibility index (Phi) is 57.0. The van der Waals surface area contributed by atoms with E-state index in [4.69, 9.17) is 14.2 Å². The number of esters is 2. The number of carbonyl (C=O) groups excluding carboxylic acids is 2. The molecule has 1 atom stereocenters. The van der Waals surface area contributed by atoms with Crippen molar-refractivity contribution in [1.29, 1.82) is 0 Å². The van der Waals surface area contributed by atoms with Gasteiger partial charge in [0.15, 0.2) is 6.10 Å². The van der Waals surface area contributed by atoms with Crippen molar-refractivity contribution in [1.82, 2.24) is 0 Å². The minimum absolute atomic E-state index is 0.0262. The fourth-order valence-corrected chi connectivity index (χ4v) is 7.30. The van der Waals surface area contributed by atoms with Gasteiger partial charge < -0.3 is 14.2 Å². The zero-order chi connectivity index (χ0) is 52.0. The van der Waals surface area contributed by atoms with Crippen LogP contribution >= 0.6 is 0 Å². The standard InChI is InChI=1S/C67H106O5/c1-4-7-10-13-16-19-22-25-28-31-33-35-38-41-44-47-50-53-56-59-62-70-63-65(72-67(69)61-58-55-52-49-46-43-40-36-30-27-24-21-18-15-12-9-6-3)64-71-66(68)60-57-54-51-48-45-42-39-37-34-32-29-26-23-20-17-14-11-8-5-2/h7,9-10,12,16-21,25-30,33,35,40-41,43-44,49-50,52-53,65H,4-6,8,11,13-15,22-24,31-32,34,36-39,42,45-48,51,54-64H2,1-3H3/b10-7-,12-9-,19-16-,20-17-,21-18-,28-25-,29-26-,30-27-,35-33-,43-40-,44-41-,52-49-,53-50-. The summed E-state index contributed by atoms with van der Waals surface area (Å²) in [6.07, 6.45) is 89.9. The molecule has 0 radical (unpaired) electrons. The van der Waals surface area contributed by atoms with Gasteiger partial charge >= 0.3 is 11.9 Å². The van der Waals surface area contributed by atoms with E-state index in [1.807, 2.05) is 0 Å². The van der Waals surface area contributed by atoms with Crippen LogP contribution in [0.1, 0.15) is 226 Å². The van der Waals surface area contributed by atoms with E-state index in [2.05, 4.69) is 179 Å². The fraction of sp³-hybridized carbons (Fsp3) is 0.582. The SMILES string of the molecule is CC/C=C\C/C=C\C/C=C\C/C=C\C/C=C\C/C=C\CCCOCC(COC(=O)CCCCCCCCCCC/C=C\C/C=C\CCCCC)OC(=O)CCC/C=C\C/C=C\C/C=C\C/C=C\C/C=C\CC. The molecule has 0 aromatic rings. The first kappa shape index (κ1) is 67.5. The molecular weight excluding hydrogens is 885 g/mol. The lowest BCUT2D eigenvalue weighted by Crippen LogP contribution is -2.30. The van der Waals surface area contributed by atoms with Gasteiger partial charge in [-0.05, 0) is 135 Å². The van der Waals surface area contributed by atoms with Crippen LogP contribution in [0, 0.1) is 0 Å². The molecule has 5 heteroatoms. The third-order valence-corrected chi connectivity index (χ3v) is 11.5. The van der Waals surface area contributed by atoms with E-state index in [-0.39, 0.29) is 25.2 Å². The first-order chi connectivity index (χ1) is 35.6. The van der Waals surface area contributed by atoms with Crippen LogP contribution in [0.5, 0.6) is 0 Å². The normalized spacial score (nSPS) is 13.4. The summed E-state index contributed by atoms with van der Waals surface area (Å²) >= 11 is 0. The highest BCUT2D eigenvalue weighted by Crippen LogP contribution is 2.13. The Hall–Kier alpha value is -4.48. The van der Waals surface area contributed by atoms with Gasteiger partial charge in [0, 0.05) is 19.4 Å². The molecule has 5 nitrogen and oxygen atoms in total. The number of unbranched alkanes of at least 4 members (excludes halogenated alkanes) is 14. The third-order valence-electron chi connectivity index (χ3n) is 11.5. The predicted molar refractivity (Wildman–Crippen MR) is 315 cm³/mol. The van der Waals surface area contributed by atoms with Crippen molar-refractivity contribution in [3.63, 3.8) is 0 Å². The van der Waals surface area contributed by atoms with Crippen LogP contribution in [-0.4, -0.2) is 37.9 Å². The summed E-state index contributed by atoms with van der Waals surface area (Å²) in [5.74, 6) is -0.512. The summed E-state index contributed by atoms with van der Waals surface area (Å²) < 4.78 is 17.4. The Labute approximate surface area is 444 Å². The molecular formula is C67H106O5. The summed E-state index contributed by atoms with van der Waals surface area (Å²) in [5.41, 5.74) is 0. The molecule has 0 saturated carbocycles. The minimum Gasteiger partial charge on any atom is -0.462 e. The van der Waals surface area contributed by atoms with Crippen LogP contribution in [0.2, 0.25) is 0 Å². The number of hydrogen-bond acceptors (Lipinski definition) is 5. The second-order valence-corrected chi connectivity index (χ2v) is 18.4. The van der Waals surface area contributed by atoms with Gasteiger partial charge in [0.05, 0.1) is 6.61 Å². The topological polar surface area (TPSA) is 61.8 Å². The molecule has 0 aliphatic carbocycles. The lowest BCUT2D eigenvalue weighted by atomic mass is 10.1. The number of rotatable bonds is 51. The molecule has 0 amide bonds. The van der Waals surface area contributed by atoms with Crippen LogP contribution < -0.4 is 0 Å². The van der Waals surface area contributed by atoms with Gasteiger partial charge in [-0.2, -0.15) is 0 Å². The third kappa shape index (κ3) is 58.1. The molecule has 1 unspecified atom stereocenters. The molecule has 404 valence electrons. The van der Waals surface area contributed by atoms with Gasteiger partial charge in [0.1, 0.15) is 6.61 Å². The lowest BCUT2D eigenvalue weighted by Gasteiger charge is -2.18. The van der Waals surface area contributed by atoms with Crippen molar-refractivity contribution >= 4 is 11.9 Å². The summed E-state index contributed by atoms with van der Waals surface area (Å²) in [6.45, 7) is 7.35. The van der Waals surface area contributed by atoms with Gasteiger partial charge in [0.2, 0.25) is 0 Å². The summed E-state index contributed by atoms with van der Waals surface area (Å²) in [6, 6.07) is 0. The monoisotopic (exact) mass is 991 g/mol. The van der Waals surface area contributed by atoms with E-state index in [1.54, 1.807) is 0 Å². The molecule has 0 fully saturated rings. The van der Waals surface area contributed by atoms with Gasteiger partial charge in [-0.3, -0.25) is 9.59 Å². The molecule has 0 spiro atoms. The molecule has 0 aromatic heterocycles. The van der Waals surface area contributed by atoms with Crippen molar-refractivity contribution in [3.05, 3.63) is 158 Å². The number of ether oxygens (including phenoxy) is 3. The number of allylic oxidation sites excluding steroid dienone is 26. The van der Waals surface area contributed by atoms with Crippen molar-refractivity contribution in [2.45, 2.75) is 232 Å². The zero-order valence-corrected chi connectivity index (χ0v) is 46.4. The molecule has 0 aliphatic heterocycles. The van der Waals surface area contributed by atoms with E-state index in [0.717, 1.165) is 116 Å². The Morgan fingerprint density at radius 2 is 0.639 bits per heavy atom. The maximum atomic E-state index is 12.8. The summed E-state index contributed by atoms with van der Waals surface area (Å²) in [4.78, 5) is 25.5. The second-order valence-electron chi connectivity index (χ2n) is 18.4. The van der Waals surface area contributed by atoms with E-state index >= 15 is 0 Å². The predicted octanol–water partition coefficient (Wildman–Crippen LogP) is 20.2. The molecule has 0 heterocycles. The molecule has 0 rings (SSSR count). The molecule has 0 bridgehead atoms. The van der Waals surface area contributed by atoms with Crippen molar-refractivity contribution in [2.24, 2.45) is 0 Å². The van der Waals surface area contributed by atoms with Crippen molar-refractivity contribution in [2.75, 3.05) is 19.8 Å². The molecule has 0 aromatic carbocycles. The largest absolute Gasteiger partial charge is 0.462 e. The summed E-state index contributed by atoms with van der Waals surface area (Å²) in [7, 11) is 0. The number of hydrogen-bond donors (Lipinski definition) is 0. The van der Waals surface area contributed by atoms with E-state index in [0.29, 0.717) is 25.9 Å². The van der Waals surface area contributed by atoms with Crippen LogP contribution in [0.25, 0.3) is 0 Å². The van der Waals surface area contributed by atoms with Crippen LogP contribution in [0.4, 0.5) is 0 Å². The average molecular weight is 992 g/mol. The molecule has 0 N–H and O–H groups in total. The minimum atomic E-state index is -0.612. The van der Waals surface area contributed by atoms with E-state index in [9.17, 15) is 9.59 Å². The van der Waals surface area contributed by atoms with Gasteiger partial charge in [-0.25, -0.2) is 0 Å². The Balaban J connectivity index is 4.50. The first-order valence-corrected chi connectivity index (χ1v) is 29.0. The molecule has 72 heavy (non-hydrogen) atoms. The first-order valence-electron chi connectivity index (χ1n) is 29.0. The van der Waals surface area contributed by atoms with Crippen LogP contribution in [-0.2, 0) is 23.8 Å². The smallest absolute Gasteiger partial charge is 0.306 e. The maximum absolute atomic E-state index is 12.8. The highest BCUT2D eigenvalue weighted by Gasteiger charge is 2.17.